The average molecular weight is 291 g/mol. The molecule has 0 radical (unpaired) electrons. The van der Waals surface area contributed by atoms with Crippen LogP contribution in [-0.4, -0.2) is 34.2 Å². The van der Waals surface area contributed by atoms with E-state index in [0.29, 0.717) is 13.0 Å². The third kappa shape index (κ3) is 2.91. The van der Waals surface area contributed by atoms with E-state index in [9.17, 15) is 15.0 Å². The number of hydrogen-bond donors (Lipinski definition) is 2. The van der Waals surface area contributed by atoms with E-state index in [4.69, 9.17) is 0 Å². The molecule has 0 spiro atoms. The van der Waals surface area contributed by atoms with E-state index in [-0.39, 0.29) is 17.7 Å². The van der Waals surface area contributed by atoms with Crippen LogP contribution in [0.4, 0.5) is 0 Å². The van der Waals surface area contributed by atoms with E-state index in [2.05, 4.69) is 11.8 Å². The van der Waals surface area contributed by atoms with Crippen molar-refractivity contribution >= 4 is 5.97 Å². The average Bonchev–Trinajstić information content (AvgIpc) is 2.88. The van der Waals surface area contributed by atoms with E-state index in [1.165, 1.54) is 0 Å². The summed E-state index contributed by atoms with van der Waals surface area (Å²) in [5.74, 6) is -0.296. The van der Waals surface area contributed by atoms with Gasteiger partial charge in [0.15, 0.2) is 0 Å². The van der Waals surface area contributed by atoms with Gasteiger partial charge in [0.25, 0.3) is 0 Å². The maximum atomic E-state index is 11.7. The Morgan fingerprint density at radius 2 is 1.95 bits per heavy atom. The van der Waals surface area contributed by atoms with Gasteiger partial charge >= 0.3 is 5.97 Å². The summed E-state index contributed by atoms with van der Waals surface area (Å²) in [6, 6.07) is 7.46. The van der Waals surface area contributed by atoms with E-state index in [1.54, 1.807) is 12.1 Å². The van der Waals surface area contributed by atoms with Crippen LogP contribution in [0.25, 0.3) is 0 Å². The van der Waals surface area contributed by atoms with E-state index in [1.807, 2.05) is 26.0 Å². The lowest BCUT2D eigenvalue weighted by atomic mass is 9.76. The molecule has 1 aliphatic heterocycles. The number of aromatic hydroxyl groups is 1. The van der Waals surface area contributed by atoms with Crippen molar-refractivity contribution < 1.29 is 15.0 Å². The maximum absolute atomic E-state index is 11.7. The van der Waals surface area contributed by atoms with Crippen molar-refractivity contribution in [1.82, 2.24) is 4.90 Å². The van der Waals surface area contributed by atoms with Crippen molar-refractivity contribution in [2.75, 3.05) is 13.1 Å². The Kier molecular flexibility index (Phi) is 4.57. The van der Waals surface area contributed by atoms with Crippen LogP contribution in [0.2, 0.25) is 0 Å². The molecule has 0 amide bonds. The summed E-state index contributed by atoms with van der Waals surface area (Å²) in [6.07, 6.45) is 1.63. The number of nitrogens with zero attached hydrogens (tertiary/aromatic N) is 1. The number of phenolic OH excluding ortho intramolecular Hbond substituents is 1. The standard InChI is InChI=1S/C17H25NO3/c1-4-15(13-5-7-14(19)8-6-13)18-10-9-17(11-18,12(2)3)16(20)21/h5-8,12,15,19H,4,9-11H2,1-3H3,(H,20,21). The Bertz CT molecular complexity index is 497. The summed E-state index contributed by atoms with van der Waals surface area (Å²) in [7, 11) is 0. The van der Waals surface area contributed by atoms with Gasteiger partial charge in [0, 0.05) is 12.6 Å². The summed E-state index contributed by atoms with van der Waals surface area (Å²) in [5.41, 5.74) is 0.505. The predicted octanol–water partition coefficient (Wildman–Crippen LogP) is 3.28. The molecule has 4 heteroatoms. The highest BCUT2D eigenvalue weighted by atomic mass is 16.4. The molecule has 1 aromatic carbocycles. The predicted molar refractivity (Wildman–Crippen MR) is 82.2 cm³/mol. The topological polar surface area (TPSA) is 60.8 Å². The minimum Gasteiger partial charge on any atom is -0.508 e. The van der Waals surface area contributed by atoms with Gasteiger partial charge in [-0.15, -0.1) is 0 Å². The third-order valence-electron chi connectivity index (χ3n) is 4.97. The molecule has 2 N–H and O–H groups in total. The smallest absolute Gasteiger partial charge is 0.311 e. The Hall–Kier alpha value is -1.55. The molecule has 1 aliphatic rings. The lowest BCUT2D eigenvalue weighted by molar-refractivity contribution is -0.151. The fourth-order valence-electron chi connectivity index (χ4n) is 3.42. The molecule has 2 atom stereocenters. The van der Waals surface area contributed by atoms with Crippen LogP contribution < -0.4 is 0 Å². The number of phenols is 1. The summed E-state index contributed by atoms with van der Waals surface area (Å²) < 4.78 is 0. The highest BCUT2D eigenvalue weighted by Crippen LogP contribution is 2.42. The lowest BCUT2D eigenvalue weighted by Gasteiger charge is -2.32. The van der Waals surface area contributed by atoms with Crippen LogP contribution in [0.5, 0.6) is 5.75 Å². The van der Waals surface area contributed by atoms with Gasteiger partial charge in [-0.25, -0.2) is 0 Å². The fraction of sp³-hybridized carbons (Fsp3) is 0.588. The Labute approximate surface area is 126 Å². The molecule has 1 heterocycles. The lowest BCUT2D eigenvalue weighted by Crippen LogP contribution is -2.40. The number of carboxylic acid groups (broad SMARTS) is 1. The van der Waals surface area contributed by atoms with Crippen LogP contribution in [0.1, 0.15) is 45.2 Å². The van der Waals surface area contributed by atoms with Gasteiger partial charge in [0.05, 0.1) is 5.41 Å². The number of hydrogen-bond acceptors (Lipinski definition) is 3. The molecule has 116 valence electrons. The molecular weight excluding hydrogens is 266 g/mol. The number of aliphatic carboxylic acids is 1. The largest absolute Gasteiger partial charge is 0.508 e. The third-order valence-corrected chi connectivity index (χ3v) is 4.97. The first kappa shape index (κ1) is 15.8. The van der Waals surface area contributed by atoms with Gasteiger partial charge in [-0.2, -0.15) is 0 Å². The second-order valence-corrected chi connectivity index (χ2v) is 6.35. The minimum atomic E-state index is -0.680. The normalized spacial score (nSPS) is 24.4. The highest BCUT2D eigenvalue weighted by molar-refractivity contribution is 5.75. The molecule has 1 aromatic rings. The summed E-state index contributed by atoms with van der Waals surface area (Å²) in [4.78, 5) is 14.0. The molecule has 0 saturated carbocycles. The van der Waals surface area contributed by atoms with Crippen LogP contribution in [0.15, 0.2) is 24.3 Å². The molecule has 1 saturated heterocycles. The van der Waals surface area contributed by atoms with Crippen LogP contribution >= 0.6 is 0 Å². The molecular formula is C17H25NO3. The zero-order valence-corrected chi connectivity index (χ0v) is 13.0. The van der Waals surface area contributed by atoms with Crippen molar-refractivity contribution in [2.24, 2.45) is 11.3 Å². The molecule has 2 rings (SSSR count). The van der Waals surface area contributed by atoms with Crippen LogP contribution in [-0.2, 0) is 4.79 Å². The molecule has 0 bridgehead atoms. The molecule has 1 fully saturated rings. The molecule has 21 heavy (non-hydrogen) atoms. The van der Waals surface area contributed by atoms with Crippen molar-refractivity contribution in [1.29, 1.82) is 0 Å². The van der Waals surface area contributed by atoms with Crippen molar-refractivity contribution in [2.45, 2.75) is 39.7 Å². The Morgan fingerprint density at radius 1 is 1.33 bits per heavy atom. The summed E-state index contributed by atoms with van der Waals surface area (Å²) in [6.45, 7) is 7.52. The van der Waals surface area contributed by atoms with E-state index < -0.39 is 11.4 Å². The van der Waals surface area contributed by atoms with Gasteiger partial charge in [-0.3, -0.25) is 9.69 Å². The quantitative estimate of drug-likeness (QED) is 0.874. The second-order valence-electron chi connectivity index (χ2n) is 6.35. The first-order valence-electron chi connectivity index (χ1n) is 7.67. The fourth-order valence-corrected chi connectivity index (χ4v) is 3.42. The van der Waals surface area contributed by atoms with Gasteiger partial charge < -0.3 is 10.2 Å². The summed E-state index contributed by atoms with van der Waals surface area (Å²) >= 11 is 0. The van der Waals surface area contributed by atoms with Crippen molar-refractivity contribution in [3.05, 3.63) is 29.8 Å². The van der Waals surface area contributed by atoms with Gasteiger partial charge in [0.1, 0.15) is 5.75 Å². The maximum Gasteiger partial charge on any atom is 0.311 e. The van der Waals surface area contributed by atoms with E-state index in [0.717, 1.165) is 18.5 Å². The monoisotopic (exact) mass is 291 g/mol. The van der Waals surface area contributed by atoms with Crippen LogP contribution in [0.3, 0.4) is 0 Å². The Morgan fingerprint density at radius 3 is 2.38 bits per heavy atom. The second kappa shape index (κ2) is 6.06. The first-order chi connectivity index (χ1) is 9.90. The zero-order valence-electron chi connectivity index (χ0n) is 13.0. The zero-order chi connectivity index (χ0) is 15.6. The molecule has 0 aromatic heterocycles. The number of benzene rings is 1. The van der Waals surface area contributed by atoms with Crippen LogP contribution in [0, 0.1) is 11.3 Å². The van der Waals surface area contributed by atoms with Crippen molar-refractivity contribution in [3.8, 4) is 5.75 Å². The van der Waals surface area contributed by atoms with Gasteiger partial charge in [-0.1, -0.05) is 32.9 Å². The van der Waals surface area contributed by atoms with Gasteiger partial charge in [0.2, 0.25) is 0 Å². The molecule has 0 aliphatic carbocycles. The summed E-state index contributed by atoms with van der Waals surface area (Å²) in [5, 5.41) is 19.1. The Balaban J connectivity index is 2.22. The van der Waals surface area contributed by atoms with Gasteiger partial charge in [-0.05, 0) is 43.0 Å². The molecule has 2 unspecified atom stereocenters. The number of carbonyl (C=O) groups is 1. The van der Waals surface area contributed by atoms with E-state index >= 15 is 0 Å². The minimum absolute atomic E-state index is 0.123. The number of rotatable bonds is 5. The number of likely N-dealkylation sites (tertiary alicyclic amines) is 1. The molecule has 4 nitrogen and oxygen atoms in total. The highest BCUT2D eigenvalue weighted by Gasteiger charge is 2.48. The van der Waals surface area contributed by atoms with Crippen molar-refractivity contribution in [3.63, 3.8) is 0 Å². The number of carboxylic acids is 1. The first-order valence-corrected chi connectivity index (χ1v) is 7.67. The SMILES string of the molecule is CCC(c1ccc(O)cc1)N1CCC(C(=O)O)(C(C)C)C1.